The van der Waals surface area contributed by atoms with Crippen molar-refractivity contribution in [2.45, 2.75) is 31.7 Å². The molecule has 1 aromatic carbocycles. The van der Waals surface area contributed by atoms with Gasteiger partial charge in [0, 0.05) is 31.3 Å². The molecule has 1 fully saturated rings. The quantitative estimate of drug-likeness (QED) is 0.793. The number of aromatic nitrogens is 3. The summed E-state index contributed by atoms with van der Waals surface area (Å²) >= 11 is 0. The normalized spacial score (nSPS) is 24.3. The molecule has 23 heavy (non-hydrogen) atoms. The third-order valence-electron chi connectivity index (χ3n) is 4.48. The van der Waals surface area contributed by atoms with E-state index < -0.39 is 17.5 Å². The van der Waals surface area contributed by atoms with E-state index in [0.717, 1.165) is 18.2 Å². The molecule has 0 bridgehead atoms. The maximum absolute atomic E-state index is 13.8. The van der Waals surface area contributed by atoms with Crippen molar-refractivity contribution in [1.29, 1.82) is 0 Å². The minimum absolute atomic E-state index is 0.0172. The second-order valence-electron chi connectivity index (χ2n) is 5.97. The second kappa shape index (κ2) is 5.61. The molecule has 2 atom stereocenters. The van der Waals surface area contributed by atoms with Crippen LogP contribution >= 0.6 is 0 Å². The molecule has 3 heterocycles. The number of fused-ring (bicyclic) bond motifs is 3. The van der Waals surface area contributed by atoms with Gasteiger partial charge in [0.05, 0.1) is 30.6 Å². The summed E-state index contributed by atoms with van der Waals surface area (Å²) in [4.78, 5) is 1.96. The van der Waals surface area contributed by atoms with E-state index in [-0.39, 0.29) is 24.3 Å². The maximum atomic E-state index is 13.8. The first kappa shape index (κ1) is 14.6. The molecule has 4 rings (SSSR count). The third kappa shape index (κ3) is 2.61. The Morgan fingerprint density at radius 3 is 3.00 bits per heavy atom. The van der Waals surface area contributed by atoms with Crippen LogP contribution in [0.15, 0.2) is 18.3 Å². The van der Waals surface area contributed by atoms with Gasteiger partial charge in [-0.1, -0.05) is 5.21 Å². The molecular formula is C15H15F3N4O. The molecule has 8 heteroatoms. The van der Waals surface area contributed by atoms with Gasteiger partial charge in [-0.25, -0.2) is 17.9 Å². The average molecular weight is 324 g/mol. The van der Waals surface area contributed by atoms with Gasteiger partial charge < -0.3 is 4.74 Å². The number of rotatable bonds is 2. The van der Waals surface area contributed by atoms with Crippen molar-refractivity contribution >= 4 is 0 Å². The number of ether oxygens (including phenoxy) is 1. The van der Waals surface area contributed by atoms with E-state index in [1.807, 2.05) is 9.58 Å². The van der Waals surface area contributed by atoms with E-state index >= 15 is 0 Å². The molecular weight excluding hydrogens is 309 g/mol. The van der Waals surface area contributed by atoms with E-state index in [2.05, 4.69) is 10.3 Å². The first-order chi connectivity index (χ1) is 11.1. The Kier molecular flexibility index (Phi) is 3.57. The summed E-state index contributed by atoms with van der Waals surface area (Å²) in [6, 6.07) is 1.58. The van der Waals surface area contributed by atoms with E-state index in [1.165, 1.54) is 0 Å². The highest BCUT2D eigenvalue weighted by Gasteiger charge is 2.36. The van der Waals surface area contributed by atoms with Gasteiger partial charge >= 0.3 is 0 Å². The van der Waals surface area contributed by atoms with Crippen LogP contribution in [0.4, 0.5) is 13.2 Å². The summed E-state index contributed by atoms with van der Waals surface area (Å²) in [5.74, 6) is -2.92. The molecule has 2 aliphatic rings. The SMILES string of the molecule is Fc1cc(F)c(F)c(CN2CC[C@@H]3OCc4cnnn4[C@H]3C2)c1. The van der Waals surface area contributed by atoms with Gasteiger partial charge in [-0.05, 0) is 12.5 Å². The lowest BCUT2D eigenvalue weighted by Crippen LogP contribution is -2.47. The zero-order valence-electron chi connectivity index (χ0n) is 12.3. The minimum Gasteiger partial charge on any atom is -0.370 e. The molecule has 1 saturated heterocycles. The Bertz CT molecular complexity index is 736. The summed E-state index contributed by atoms with van der Waals surface area (Å²) in [5.41, 5.74) is 0.924. The third-order valence-corrected chi connectivity index (χ3v) is 4.48. The van der Waals surface area contributed by atoms with Crippen molar-refractivity contribution in [2.24, 2.45) is 0 Å². The molecule has 122 valence electrons. The Labute approximate surface area is 130 Å². The fourth-order valence-electron chi connectivity index (χ4n) is 3.35. The van der Waals surface area contributed by atoms with E-state index in [4.69, 9.17) is 4.74 Å². The van der Waals surface area contributed by atoms with Crippen molar-refractivity contribution in [3.05, 3.63) is 47.0 Å². The monoisotopic (exact) mass is 324 g/mol. The standard InChI is InChI=1S/C15H15F3N4O/c16-10-3-9(15(18)12(17)4-10)6-21-2-1-14-13(7-21)22-11(8-23-14)5-19-20-22/h3-5,13-14H,1-2,6-8H2/t13-,14-/m0/s1. The van der Waals surface area contributed by atoms with E-state index in [0.29, 0.717) is 25.8 Å². The first-order valence-corrected chi connectivity index (χ1v) is 7.48. The molecule has 0 spiro atoms. The number of hydrogen-bond donors (Lipinski definition) is 0. The van der Waals surface area contributed by atoms with Crippen LogP contribution in [0.3, 0.4) is 0 Å². The summed E-state index contributed by atoms with van der Waals surface area (Å²) in [6.07, 6.45) is 2.45. The van der Waals surface area contributed by atoms with Gasteiger partial charge in [-0.2, -0.15) is 0 Å². The summed E-state index contributed by atoms with van der Waals surface area (Å²) in [5, 5.41) is 7.99. The van der Waals surface area contributed by atoms with Gasteiger partial charge in [0.25, 0.3) is 0 Å². The number of halogens is 3. The van der Waals surface area contributed by atoms with Gasteiger partial charge in [-0.3, -0.25) is 4.90 Å². The number of benzene rings is 1. The molecule has 0 unspecified atom stereocenters. The number of nitrogens with zero attached hydrogens (tertiary/aromatic N) is 4. The van der Waals surface area contributed by atoms with Crippen molar-refractivity contribution in [2.75, 3.05) is 13.1 Å². The molecule has 0 saturated carbocycles. The van der Waals surface area contributed by atoms with Gasteiger partial charge in [0.1, 0.15) is 5.82 Å². The number of piperidine rings is 1. The van der Waals surface area contributed by atoms with Crippen molar-refractivity contribution in [3.8, 4) is 0 Å². The highest BCUT2D eigenvalue weighted by Crippen LogP contribution is 2.31. The molecule has 2 aromatic rings. The van der Waals surface area contributed by atoms with Crippen LogP contribution in [0, 0.1) is 17.5 Å². The van der Waals surface area contributed by atoms with Gasteiger partial charge in [-0.15, -0.1) is 5.10 Å². The molecule has 1 aromatic heterocycles. The fourth-order valence-corrected chi connectivity index (χ4v) is 3.35. The Morgan fingerprint density at radius 2 is 2.13 bits per heavy atom. The largest absolute Gasteiger partial charge is 0.370 e. The van der Waals surface area contributed by atoms with E-state index in [9.17, 15) is 13.2 Å². The molecule has 0 radical (unpaired) electrons. The predicted octanol–water partition coefficient (Wildman–Crippen LogP) is 2.04. The second-order valence-corrected chi connectivity index (χ2v) is 5.97. The van der Waals surface area contributed by atoms with Crippen molar-refractivity contribution in [1.82, 2.24) is 19.9 Å². The van der Waals surface area contributed by atoms with Crippen LogP contribution in [0.1, 0.15) is 23.7 Å². The van der Waals surface area contributed by atoms with Crippen LogP contribution in [-0.4, -0.2) is 39.1 Å². The zero-order valence-corrected chi connectivity index (χ0v) is 12.3. The number of hydrogen-bond acceptors (Lipinski definition) is 4. The number of likely N-dealkylation sites (tertiary alicyclic amines) is 1. The molecule has 5 nitrogen and oxygen atoms in total. The lowest BCUT2D eigenvalue weighted by atomic mass is 9.99. The molecule has 0 aliphatic carbocycles. The summed E-state index contributed by atoms with van der Waals surface area (Å²) < 4.78 is 48.1. The van der Waals surface area contributed by atoms with Crippen LogP contribution in [0.2, 0.25) is 0 Å². The Morgan fingerprint density at radius 1 is 1.26 bits per heavy atom. The lowest BCUT2D eigenvalue weighted by molar-refractivity contribution is -0.0671. The fraction of sp³-hybridized carbons (Fsp3) is 0.467. The van der Waals surface area contributed by atoms with E-state index in [1.54, 1.807) is 6.20 Å². The Balaban J connectivity index is 1.55. The van der Waals surface area contributed by atoms with Crippen LogP contribution in [0.25, 0.3) is 0 Å². The highest BCUT2D eigenvalue weighted by atomic mass is 19.2. The molecule has 0 N–H and O–H groups in total. The average Bonchev–Trinajstić information content (AvgIpc) is 3.01. The van der Waals surface area contributed by atoms with Crippen LogP contribution in [0.5, 0.6) is 0 Å². The van der Waals surface area contributed by atoms with Crippen LogP contribution < -0.4 is 0 Å². The molecule has 2 aliphatic heterocycles. The minimum atomic E-state index is -1.16. The van der Waals surface area contributed by atoms with Gasteiger partial charge in [0.15, 0.2) is 11.6 Å². The maximum Gasteiger partial charge on any atom is 0.163 e. The summed E-state index contributed by atoms with van der Waals surface area (Å²) in [7, 11) is 0. The zero-order chi connectivity index (χ0) is 16.0. The van der Waals surface area contributed by atoms with Gasteiger partial charge in [0.2, 0.25) is 0 Å². The molecule has 0 amide bonds. The smallest absolute Gasteiger partial charge is 0.163 e. The van der Waals surface area contributed by atoms with Crippen LogP contribution in [-0.2, 0) is 17.9 Å². The van der Waals surface area contributed by atoms with Crippen molar-refractivity contribution in [3.63, 3.8) is 0 Å². The predicted molar refractivity (Wildman–Crippen MR) is 73.8 cm³/mol. The topological polar surface area (TPSA) is 43.2 Å². The highest BCUT2D eigenvalue weighted by molar-refractivity contribution is 5.20. The van der Waals surface area contributed by atoms with Crippen molar-refractivity contribution < 1.29 is 17.9 Å². The first-order valence-electron chi connectivity index (χ1n) is 7.48. The Hall–Kier alpha value is -1.93. The lowest BCUT2D eigenvalue weighted by Gasteiger charge is -2.41. The summed E-state index contributed by atoms with van der Waals surface area (Å²) in [6.45, 7) is 1.87.